The summed E-state index contributed by atoms with van der Waals surface area (Å²) in [5.41, 5.74) is -0.533. The molecule has 0 saturated heterocycles. The first-order valence-corrected chi connectivity index (χ1v) is 10.5. The van der Waals surface area contributed by atoms with Gasteiger partial charge in [0, 0.05) is 16.2 Å². The molecule has 0 radical (unpaired) electrons. The van der Waals surface area contributed by atoms with E-state index in [-0.39, 0.29) is 9.79 Å². The van der Waals surface area contributed by atoms with Crippen LogP contribution in [-0.2, 0) is 19.1 Å². The molecule has 5 nitrogen and oxygen atoms in total. The molecule has 1 aromatic carbocycles. The van der Waals surface area contributed by atoms with Gasteiger partial charge < -0.3 is 0 Å². The Morgan fingerprint density at radius 1 is 1.00 bits per heavy atom. The highest BCUT2D eigenvalue weighted by Gasteiger charge is 2.30. The predicted molar refractivity (Wildman–Crippen MR) is 83.4 cm³/mol. The van der Waals surface area contributed by atoms with E-state index in [1.54, 1.807) is 0 Å². The van der Waals surface area contributed by atoms with Crippen molar-refractivity contribution in [2.45, 2.75) is 55.4 Å². The quantitative estimate of drug-likeness (QED) is 0.764. The summed E-state index contributed by atoms with van der Waals surface area (Å²) in [6, 6.07) is 5.03. The van der Waals surface area contributed by atoms with Crippen LogP contribution in [0, 0.1) is 0 Å². The summed E-state index contributed by atoms with van der Waals surface area (Å²) in [7, 11) is -2.52. The van der Waals surface area contributed by atoms with Gasteiger partial charge in [-0.25, -0.2) is 21.6 Å². The molecule has 0 amide bonds. The molecule has 0 heterocycles. The number of benzene rings is 1. The second-order valence-corrected chi connectivity index (χ2v) is 9.11. The minimum Gasteiger partial charge on any atom is -0.207 e. The van der Waals surface area contributed by atoms with Crippen molar-refractivity contribution in [1.29, 1.82) is 0 Å². The Morgan fingerprint density at radius 2 is 1.48 bits per heavy atom. The maximum atomic E-state index is 12.5. The third kappa shape index (κ3) is 4.42. The van der Waals surface area contributed by atoms with Crippen LogP contribution in [-0.4, -0.2) is 22.4 Å². The molecule has 0 saturated carbocycles. The molecule has 0 unspecified atom stereocenters. The molecular formula is C13H20ClNO4S2. The number of halogens is 1. The molecule has 0 spiro atoms. The molecule has 0 aromatic heterocycles. The summed E-state index contributed by atoms with van der Waals surface area (Å²) < 4.78 is 50.2. The summed E-state index contributed by atoms with van der Waals surface area (Å²) in [6.07, 6.45) is 1.94. The van der Waals surface area contributed by atoms with Crippen molar-refractivity contribution in [3.8, 4) is 0 Å². The Hall–Kier alpha value is -0.630. The molecular weight excluding hydrogens is 334 g/mol. The van der Waals surface area contributed by atoms with Gasteiger partial charge in [0.05, 0.1) is 9.79 Å². The van der Waals surface area contributed by atoms with Crippen LogP contribution >= 0.6 is 10.7 Å². The van der Waals surface area contributed by atoms with Gasteiger partial charge in [-0.05, 0) is 37.5 Å². The average molecular weight is 354 g/mol. The number of hydrogen-bond donors (Lipinski definition) is 1. The fraction of sp³-hybridized carbons (Fsp3) is 0.538. The molecule has 0 atom stereocenters. The van der Waals surface area contributed by atoms with Crippen LogP contribution < -0.4 is 4.72 Å². The van der Waals surface area contributed by atoms with Gasteiger partial charge in [-0.2, -0.15) is 0 Å². The molecule has 0 aliphatic heterocycles. The van der Waals surface area contributed by atoms with Crippen LogP contribution in [0.5, 0.6) is 0 Å². The largest absolute Gasteiger partial charge is 0.261 e. The molecule has 8 heteroatoms. The van der Waals surface area contributed by atoms with Crippen LogP contribution in [0.2, 0.25) is 0 Å². The number of rotatable bonds is 7. The molecule has 1 rings (SSSR count). The van der Waals surface area contributed by atoms with E-state index in [1.807, 2.05) is 20.8 Å². The van der Waals surface area contributed by atoms with Gasteiger partial charge in [-0.1, -0.05) is 26.8 Å². The average Bonchev–Trinajstić information content (AvgIpc) is 2.44. The van der Waals surface area contributed by atoms with Gasteiger partial charge in [0.25, 0.3) is 9.05 Å². The van der Waals surface area contributed by atoms with Gasteiger partial charge in [0.1, 0.15) is 0 Å². The van der Waals surface area contributed by atoms with Gasteiger partial charge in [-0.3, -0.25) is 0 Å². The molecule has 0 aliphatic rings. The summed E-state index contributed by atoms with van der Waals surface area (Å²) in [5.74, 6) is 0. The highest BCUT2D eigenvalue weighted by atomic mass is 35.7. The standard InChI is InChI=1S/C13H20ClNO4S2/c1-4-13(5-2,6-3)15-21(18,19)12-9-7-8-11(10-12)20(14,16)17/h7-10,15H,4-6H2,1-3H3. The predicted octanol–water partition coefficient (Wildman–Crippen LogP) is 2.86. The van der Waals surface area contributed by atoms with Crippen molar-refractivity contribution in [3.63, 3.8) is 0 Å². The minimum atomic E-state index is -3.97. The third-order valence-electron chi connectivity index (χ3n) is 3.78. The van der Waals surface area contributed by atoms with Gasteiger partial charge in [-0.15, -0.1) is 0 Å². The first-order chi connectivity index (χ1) is 9.60. The van der Waals surface area contributed by atoms with Gasteiger partial charge in [0.2, 0.25) is 10.0 Å². The molecule has 1 N–H and O–H groups in total. The first-order valence-electron chi connectivity index (χ1n) is 6.69. The molecule has 0 fully saturated rings. The van der Waals surface area contributed by atoms with E-state index in [0.717, 1.165) is 6.07 Å². The lowest BCUT2D eigenvalue weighted by atomic mass is 9.91. The lowest BCUT2D eigenvalue weighted by Gasteiger charge is -2.31. The lowest BCUT2D eigenvalue weighted by molar-refractivity contribution is 0.341. The van der Waals surface area contributed by atoms with Gasteiger partial charge >= 0.3 is 0 Å². The highest BCUT2D eigenvalue weighted by Crippen LogP contribution is 2.24. The van der Waals surface area contributed by atoms with Crippen molar-refractivity contribution >= 4 is 29.8 Å². The van der Waals surface area contributed by atoms with Crippen molar-refractivity contribution in [1.82, 2.24) is 4.72 Å². The minimum absolute atomic E-state index is 0.107. The van der Waals surface area contributed by atoms with E-state index in [0.29, 0.717) is 19.3 Å². The molecule has 120 valence electrons. The summed E-state index contributed by atoms with van der Waals surface area (Å²) in [4.78, 5) is -0.342. The zero-order valence-corrected chi connectivity index (χ0v) is 14.6. The zero-order chi connectivity index (χ0) is 16.3. The van der Waals surface area contributed by atoms with Crippen LogP contribution in [0.3, 0.4) is 0 Å². The molecule has 21 heavy (non-hydrogen) atoms. The Labute approximate surface area is 131 Å². The maximum absolute atomic E-state index is 12.5. The van der Waals surface area contributed by atoms with Crippen molar-refractivity contribution in [3.05, 3.63) is 24.3 Å². The van der Waals surface area contributed by atoms with Crippen molar-refractivity contribution in [2.24, 2.45) is 0 Å². The normalized spacial score (nSPS) is 13.3. The fourth-order valence-corrected chi connectivity index (χ4v) is 4.64. The highest BCUT2D eigenvalue weighted by molar-refractivity contribution is 8.13. The lowest BCUT2D eigenvalue weighted by Crippen LogP contribution is -2.46. The van der Waals surface area contributed by atoms with Gasteiger partial charge in [0.15, 0.2) is 0 Å². The Balaban J connectivity index is 3.26. The Kier molecular flexibility index (Phi) is 5.83. The van der Waals surface area contributed by atoms with E-state index in [4.69, 9.17) is 10.7 Å². The molecule has 0 bridgehead atoms. The number of nitrogens with one attached hydrogen (secondary N) is 1. The smallest absolute Gasteiger partial charge is 0.207 e. The number of sulfonamides is 1. The fourth-order valence-electron chi connectivity index (χ4n) is 2.10. The van der Waals surface area contributed by atoms with Crippen molar-refractivity contribution < 1.29 is 16.8 Å². The van der Waals surface area contributed by atoms with Crippen LogP contribution in [0.15, 0.2) is 34.1 Å². The maximum Gasteiger partial charge on any atom is 0.261 e. The Morgan fingerprint density at radius 3 is 1.90 bits per heavy atom. The third-order valence-corrected chi connectivity index (χ3v) is 6.71. The molecule has 1 aromatic rings. The van der Waals surface area contributed by atoms with Crippen LogP contribution in [0.1, 0.15) is 40.0 Å². The second-order valence-electron chi connectivity index (χ2n) is 4.86. The van der Waals surface area contributed by atoms with Crippen molar-refractivity contribution in [2.75, 3.05) is 0 Å². The van der Waals surface area contributed by atoms with E-state index >= 15 is 0 Å². The summed E-state index contributed by atoms with van der Waals surface area (Å²) >= 11 is 0. The topological polar surface area (TPSA) is 80.3 Å². The van der Waals surface area contributed by atoms with Crippen LogP contribution in [0.25, 0.3) is 0 Å². The zero-order valence-electron chi connectivity index (χ0n) is 12.3. The Bertz CT molecular complexity index is 686. The number of hydrogen-bond acceptors (Lipinski definition) is 4. The monoisotopic (exact) mass is 353 g/mol. The van der Waals surface area contributed by atoms with Crippen LogP contribution in [0.4, 0.5) is 0 Å². The molecule has 0 aliphatic carbocycles. The summed E-state index contributed by atoms with van der Waals surface area (Å²) in [6.45, 7) is 5.74. The van der Waals surface area contributed by atoms with E-state index in [9.17, 15) is 16.8 Å². The first kappa shape index (κ1) is 18.4. The van der Waals surface area contributed by atoms with E-state index in [2.05, 4.69) is 4.72 Å². The van der Waals surface area contributed by atoms with E-state index < -0.39 is 24.6 Å². The van der Waals surface area contributed by atoms with E-state index in [1.165, 1.54) is 18.2 Å². The SMILES string of the molecule is CCC(CC)(CC)NS(=O)(=O)c1cccc(S(=O)(=O)Cl)c1. The second kappa shape index (κ2) is 6.64. The summed E-state index contributed by atoms with van der Waals surface area (Å²) in [5, 5.41) is 0.